The number of aromatic nitrogens is 4. The number of benzene rings is 1. The second kappa shape index (κ2) is 5.93. The minimum atomic E-state index is 0.600. The Hall–Kier alpha value is -2.18. The lowest BCUT2D eigenvalue weighted by Crippen LogP contribution is -2.08. The van der Waals surface area contributed by atoms with Crippen LogP contribution in [0.1, 0.15) is 23.8 Å². The van der Waals surface area contributed by atoms with Crippen molar-refractivity contribution in [3.8, 4) is 17.1 Å². The molecule has 3 heterocycles. The SMILES string of the molecule is COc1ccc(Cl)cc1-c1nc2c3c4c(sc3ncn2n1)CC(C)CC4. The highest BCUT2D eigenvalue weighted by Gasteiger charge is 2.24. The van der Waals surface area contributed by atoms with Crippen LogP contribution in [0.15, 0.2) is 24.5 Å². The summed E-state index contributed by atoms with van der Waals surface area (Å²) in [6.07, 6.45) is 5.17. The normalized spacial score (nSPS) is 17.0. The van der Waals surface area contributed by atoms with Crippen LogP contribution in [0.3, 0.4) is 0 Å². The van der Waals surface area contributed by atoms with Crippen LogP contribution in [0.25, 0.3) is 27.3 Å². The number of fused-ring (bicyclic) bond motifs is 5. The molecule has 1 aromatic carbocycles. The average Bonchev–Trinajstić information content (AvgIpc) is 3.21. The molecule has 0 saturated heterocycles. The van der Waals surface area contributed by atoms with E-state index in [2.05, 4.69) is 17.0 Å². The second-order valence-corrected chi connectivity index (χ2v) is 8.34. The van der Waals surface area contributed by atoms with Gasteiger partial charge < -0.3 is 4.74 Å². The highest BCUT2D eigenvalue weighted by molar-refractivity contribution is 7.19. The van der Waals surface area contributed by atoms with Crippen LogP contribution in [-0.2, 0) is 12.8 Å². The second-order valence-electron chi connectivity index (χ2n) is 6.82. The molecule has 0 saturated carbocycles. The monoisotopic (exact) mass is 384 g/mol. The highest BCUT2D eigenvalue weighted by Crippen LogP contribution is 2.39. The number of halogens is 1. The third-order valence-electron chi connectivity index (χ3n) is 5.03. The molecule has 3 aromatic heterocycles. The molecule has 5 nitrogen and oxygen atoms in total. The van der Waals surface area contributed by atoms with Gasteiger partial charge in [-0.25, -0.2) is 14.5 Å². The molecule has 4 aromatic rings. The molecule has 0 amide bonds. The predicted octanol–water partition coefficient (Wildman–Crippen LogP) is 4.79. The Morgan fingerprint density at radius 3 is 3.08 bits per heavy atom. The molecule has 0 bridgehead atoms. The molecule has 0 aliphatic heterocycles. The third-order valence-corrected chi connectivity index (χ3v) is 6.43. The first kappa shape index (κ1) is 16.0. The van der Waals surface area contributed by atoms with Crippen LogP contribution in [0, 0.1) is 5.92 Å². The van der Waals surface area contributed by atoms with E-state index in [0.29, 0.717) is 16.6 Å². The van der Waals surface area contributed by atoms with Crippen molar-refractivity contribution in [2.75, 3.05) is 7.11 Å². The lowest BCUT2D eigenvalue weighted by Gasteiger charge is -2.17. The number of hydrogen-bond donors (Lipinski definition) is 0. The van der Waals surface area contributed by atoms with Crippen LogP contribution < -0.4 is 4.74 Å². The van der Waals surface area contributed by atoms with Gasteiger partial charge in [-0.05, 0) is 48.9 Å². The van der Waals surface area contributed by atoms with Crippen LogP contribution in [-0.4, -0.2) is 26.7 Å². The number of nitrogens with zero attached hydrogens (tertiary/aromatic N) is 4. The summed E-state index contributed by atoms with van der Waals surface area (Å²) in [5, 5.41) is 6.42. The van der Waals surface area contributed by atoms with E-state index < -0.39 is 0 Å². The van der Waals surface area contributed by atoms with E-state index in [1.807, 2.05) is 12.1 Å². The van der Waals surface area contributed by atoms with Gasteiger partial charge >= 0.3 is 0 Å². The average molecular weight is 385 g/mol. The molecule has 132 valence electrons. The van der Waals surface area contributed by atoms with Crippen molar-refractivity contribution in [3.63, 3.8) is 0 Å². The summed E-state index contributed by atoms with van der Waals surface area (Å²) in [5.41, 5.74) is 3.05. The van der Waals surface area contributed by atoms with Gasteiger partial charge in [-0.1, -0.05) is 18.5 Å². The summed E-state index contributed by atoms with van der Waals surface area (Å²) < 4.78 is 7.23. The predicted molar refractivity (Wildman–Crippen MR) is 104 cm³/mol. The first-order valence-electron chi connectivity index (χ1n) is 8.63. The van der Waals surface area contributed by atoms with Crippen molar-refractivity contribution in [1.82, 2.24) is 19.6 Å². The fraction of sp³-hybridized carbons (Fsp3) is 0.316. The Morgan fingerprint density at radius 1 is 1.35 bits per heavy atom. The van der Waals surface area contributed by atoms with Gasteiger partial charge in [0, 0.05) is 9.90 Å². The first-order chi connectivity index (χ1) is 12.6. The molecular formula is C19H17ClN4OS. The van der Waals surface area contributed by atoms with Crippen LogP contribution >= 0.6 is 22.9 Å². The van der Waals surface area contributed by atoms with Gasteiger partial charge in [-0.3, -0.25) is 0 Å². The minimum Gasteiger partial charge on any atom is -0.496 e. The van der Waals surface area contributed by atoms with Gasteiger partial charge in [0.15, 0.2) is 11.5 Å². The lowest BCUT2D eigenvalue weighted by molar-refractivity contribution is 0.416. The van der Waals surface area contributed by atoms with Gasteiger partial charge in [0.1, 0.15) is 16.9 Å². The van der Waals surface area contributed by atoms with E-state index >= 15 is 0 Å². The summed E-state index contributed by atoms with van der Waals surface area (Å²) in [7, 11) is 1.64. The number of methoxy groups -OCH3 is 1. The van der Waals surface area contributed by atoms with Crippen molar-refractivity contribution in [2.45, 2.75) is 26.2 Å². The molecule has 0 radical (unpaired) electrons. The molecule has 7 heteroatoms. The van der Waals surface area contributed by atoms with E-state index in [1.165, 1.54) is 16.9 Å². The van der Waals surface area contributed by atoms with Crippen molar-refractivity contribution in [3.05, 3.63) is 40.0 Å². The maximum absolute atomic E-state index is 6.18. The quantitative estimate of drug-likeness (QED) is 0.498. The summed E-state index contributed by atoms with van der Waals surface area (Å²) in [4.78, 5) is 12.0. The molecule has 0 N–H and O–H groups in total. The lowest BCUT2D eigenvalue weighted by atomic mass is 9.89. The Bertz CT molecular complexity index is 1150. The molecule has 1 aliphatic rings. The summed E-state index contributed by atoms with van der Waals surface area (Å²) in [6, 6.07) is 5.48. The number of aryl methyl sites for hydroxylation is 1. The maximum Gasteiger partial charge on any atom is 0.186 e. The Kier molecular flexibility index (Phi) is 3.65. The molecule has 0 spiro atoms. The van der Waals surface area contributed by atoms with E-state index in [-0.39, 0.29) is 0 Å². The standard InChI is InChI=1S/C19H17ClN4OS/c1-10-3-5-12-15(7-10)26-19-16(12)18-22-17(23-24(18)9-21-19)13-8-11(20)4-6-14(13)25-2/h4,6,8-10H,3,5,7H2,1-2H3. The van der Waals surface area contributed by atoms with E-state index in [1.54, 1.807) is 35.4 Å². The van der Waals surface area contributed by atoms with Crippen LogP contribution in [0.5, 0.6) is 5.75 Å². The molecule has 26 heavy (non-hydrogen) atoms. The summed E-state index contributed by atoms with van der Waals surface area (Å²) in [6.45, 7) is 2.32. The fourth-order valence-electron chi connectivity index (χ4n) is 3.71. The fourth-order valence-corrected chi connectivity index (χ4v) is 5.23. The Morgan fingerprint density at radius 2 is 2.23 bits per heavy atom. The summed E-state index contributed by atoms with van der Waals surface area (Å²) >= 11 is 7.98. The summed E-state index contributed by atoms with van der Waals surface area (Å²) in [5.74, 6) is 2.04. The number of thiophene rings is 1. The zero-order valence-electron chi connectivity index (χ0n) is 14.5. The number of rotatable bonds is 2. The minimum absolute atomic E-state index is 0.600. The van der Waals surface area contributed by atoms with Gasteiger partial charge in [0.2, 0.25) is 0 Å². The zero-order valence-corrected chi connectivity index (χ0v) is 16.1. The molecule has 1 atom stereocenters. The van der Waals surface area contributed by atoms with Gasteiger partial charge in [0.25, 0.3) is 0 Å². The molecular weight excluding hydrogens is 368 g/mol. The highest BCUT2D eigenvalue weighted by atomic mass is 35.5. The largest absolute Gasteiger partial charge is 0.496 e. The number of ether oxygens (including phenoxy) is 1. The zero-order chi connectivity index (χ0) is 17.8. The van der Waals surface area contributed by atoms with Gasteiger partial charge in [-0.2, -0.15) is 0 Å². The third kappa shape index (κ3) is 2.40. The Balaban J connectivity index is 1.76. The van der Waals surface area contributed by atoms with Crippen LogP contribution in [0.4, 0.5) is 0 Å². The van der Waals surface area contributed by atoms with Crippen molar-refractivity contribution < 1.29 is 4.74 Å². The van der Waals surface area contributed by atoms with E-state index in [9.17, 15) is 0 Å². The van der Waals surface area contributed by atoms with Gasteiger partial charge in [0.05, 0.1) is 18.1 Å². The number of hydrogen-bond acceptors (Lipinski definition) is 5. The van der Waals surface area contributed by atoms with E-state index in [4.69, 9.17) is 21.3 Å². The van der Waals surface area contributed by atoms with Crippen LogP contribution in [0.2, 0.25) is 5.02 Å². The molecule has 5 rings (SSSR count). The van der Waals surface area contributed by atoms with Gasteiger partial charge in [-0.15, -0.1) is 16.4 Å². The topological polar surface area (TPSA) is 52.3 Å². The molecule has 1 unspecified atom stereocenters. The Labute approximate surface area is 159 Å². The van der Waals surface area contributed by atoms with Crippen molar-refractivity contribution in [1.29, 1.82) is 0 Å². The molecule has 0 fully saturated rings. The maximum atomic E-state index is 6.18. The van der Waals surface area contributed by atoms with Crippen molar-refractivity contribution in [2.24, 2.45) is 5.92 Å². The smallest absolute Gasteiger partial charge is 0.186 e. The molecule has 1 aliphatic carbocycles. The first-order valence-corrected chi connectivity index (χ1v) is 9.83. The van der Waals surface area contributed by atoms with Crippen molar-refractivity contribution >= 4 is 38.8 Å². The van der Waals surface area contributed by atoms with E-state index in [0.717, 1.165) is 40.2 Å².